The number of ether oxygens (including phenoxy) is 1. The molecule has 0 radical (unpaired) electrons. The van der Waals surface area contributed by atoms with E-state index in [-0.39, 0.29) is 37.3 Å². The molecule has 2 aromatic rings. The average Bonchev–Trinajstić information content (AvgIpc) is 3.52. The summed E-state index contributed by atoms with van der Waals surface area (Å²) in [4.78, 5) is 35.5. The Hall–Kier alpha value is -2.71. The molecule has 1 saturated carbocycles. The maximum Gasteiger partial charge on any atom is 0.270 e. The van der Waals surface area contributed by atoms with Gasteiger partial charge in [-0.3, -0.25) is 14.6 Å². The molecule has 4 rings (SSSR count). The van der Waals surface area contributed by atoms with Crippen LogP contribution >= 0.6 is 11.6 Å². The number of amides is 2. The molecule has 8 nitrogen and oxygen atoms in total. The first kappa shape index (κ1) is 20.6. The van der Waals surface area contributed by atoms with Crippen molar-refractivity contribution in [1.29, 1.82) is 0 Å². The number of aromatic nitrogens is 2. The minimum absolute atomic E-state index is 0.123. The molecule has 9 heteroatoms. The van der Waals surface area contributed by atoms with Crippen LogP contribution in [-0.4, -0.2) is 51.5 Å². The lowest BCUT2D eigenvalue weighted by molar-refractivity contribution is 0.0714. The van der Waals surface area contributed by atoms with E-state index in [1.807, 2.05) is 6.92 Å². The molecule has 0 bridgehead atoms. The topological polar surface area (TPSA) is 105 Å². The summed E-state index contributed by atoms with van der Waals surface area (Å²) in [6.07, 6.45) is 5.48. The van der Waals surface area contributed by atoms with Gasteiger partial charge in [-0.1, -0.05) is 11.6 Å². The average molecular weight is 431 g/mol. The number of halogens is 1. The first-order valence-electron chi connectivity index (χ1n) is 9.95. The molecule has 1 aliphatic heterocycles. The number of rotatable bonds is 8. The largest absolute Gasteiger partial charge is 0.476 e. The normalized spacial score (nSPS) is 16.4. The number of pyridine rings is 2. The monoisotopic (exact) mass is 430 g/mol. The molecule has 30 heavy (non-hydrogen) atoms. The van der Waals surface area contributed by atoms with E-state index in [2.05, 4.69) is 15.3 Å². The number of nitrogens with zero attached hydrogens (tertiary/aromatic N) is 3. The number of aliphatic hydroxyl groups excluding tert-OH is 1. The fraction of sp³-hybridized carbons (Fsp3) is 0.429. The number of nitrogens with one attached hydrogen (secondary N) is 1. The first-order valence-corrected chi connectivity index (χ1v) is 10.3. The number of aliphatic hydroxyl groups is 1. The van der Waals surface area contributed by atoms with Gasteiger partial charge in [0.15, 0.2) is 0 Å². The molecule has 2 amide bonds. The van der Waals surface area contributed by atoms with Crippen molar-refractivity contribution in [3.8, 4) is 5.88 Å². The Kier molecular flexibility index (Phi) is 5.87. The van der Waals surface area contributed by atoms with Crippen molar-refractivity contribution >= 4 is 23.4 Å². The van der Waals surface area contributed by atoms with Gasteiger partial charge in [0, 0.05) is 36.6 Å². The second-order valence-corrected chi connectivity index (χ2v) is 7.99. The highest BCUT2D eigenvalue weighted by Gasteiger charge is 2.35. The molecule has 0 spiro atoms. The van der Waals surface area contributed by atoms with E-state index >= 15 is 0 Å². The molecule has 1 unspecified atom stereocenters. The SMILES string of the molecule is CC(c1cnc(OCC2CC2)c(Cl)c1)N1Cc2c(ccnc2C(=O)NCCO)C1=O. The lowest BCUT2D eigenvalue weighted by atomic mass is 10.1. The highest BCUT2D eigenvalue weighted by Crippen LogP contribution is 2.35. The van der Waals surface area contributed by atoms with E-state index in [1.54, 1.807) is 23.2 Å². The smallest absolute Gasteiger partial charge is 0.270 e. The molecule has 158 valence electrons. The lowest BCUT2D eigenvalue weighted by Gasteiger charge is -2.24. The molecular weight excluding hydrogens is 408 g/mol. The summed E-state index contributed by atoms with van der Waals surface area (Å²) in [5.74, 6) is 0.411. The maximum absolute atomic E-state index is 13.0. The number of carbonyl (C=O) groups excluding carboxylic acids is 2. The number of hydrogen-bond donors (Lipinski definition) is 2. The third-order valence-corrected chi connectivity index (χ3v) is 5.69. The van der Waals surface area contributed by atoms with E-state index in [4.69, 9.17) is 21.4 Å². The van der Waals surface area contributed by atoms with Gasteiger partial charge in [0.1, 0.15) is 10.7 Å². The van der Waals surface area contributed by atoms with Gasteiger partial charge in [-0.05, 0) is 43.4 Å². The van der Waals surface area contributed by atoms with E-state index in [1.165, 1.54) is 19.0 Å². The van der Waals surface area contributed by atoms with Crippen molar-refractivity contribution < 1.29 is 19.4 Å². The molecule has 0 aromatic carbocycles. The van der Waals surface area contributed by atoms with Gasteiger partial charge in [0.2, 0.25) is 5.88 Å². The fourth-order valence-electron chi connectivity index (χ4n) is 3.45. The summed E-state index contributed by atoms with van der Waals surface area (Å²) in [7, 11) is 0. The van der Waals surface area contributed by atoms with Crippen molar-refractivity contribution in [3.05, 3.63) is 51.9 Å². The molecule has 1 fully saturated rings. The number of hydrogen-bond acceptors (Lipinski definition) is 6. The Balaban J connectivity index is 1.52. The highest BCUT2D eigenvalue weighted by molar-refractivity contribution is 6.31. The van der Waals surface area contributed by atoms with Crippen LogP contribution in [0.15, 0.2) is 24.5 Å². The Morgan fingerprint density at radius 1 is 1.43 bits per heavy atom. The summed E-state index contributed by atoms with van der Waals surface area (Å²) in [6.45, 7) is 2.72. The number of fused-ring (bicyclic) bond motifs is 1. The van der Waals surface area contributed by atoms with Gasteiger partial charge in [-0.25, -0.2) is 4.98 Å². The van der Waals surface area contributed by atoms with Crippen molar-refractivity contribution in [2.75, 3.05) is 19.8 Å². The third kappa shape index (κ3) is 4.11. The van der Waals surface area contributed by atoms with Crippen LogP contribution in [0.3, 0.4) is 0 Å². The zero-order valence-electron chi connectivity index (χ0n) is 16.6. The molecule has 0 saturated heterocycles. The number of carbonyl (C=O) groups is 2. The van der Waals surface area contributed by atoms with Crippen LogP contribution < -0.4 is 10.1 Å². The molecule has 1 aliphatic carbocycles. The molecule has 3 heterocycles. The second-order valence-electron chi connectivity index (χ2n) is 7.58. The summed E-state index contributed by atoms with van der Waals surface area (Å²) in [6, 6.07) is 3.08. The summed E-state index contributed by atoms with van der Waals surface area (Å²) in [5.41, 5.74) is 2.01. The predicted molar refractivity (Wildman–Crippen MR) is 109 cm³/mol. The van der Waals surface area contributed by atoms with Crippen LogP contribution in [0.25, 0.3) is 0 Å². The molecular formula is C21H23ClN4O4. The summed E-state index contributed by atoms with van der Waals surface area (Å²) in [5, 5.41) is 11.9. The Morgan fingerprint density at radius 2 is 2.23 bits per heavy atom. The van der Waals surface area contributed by atoms with Crippen LogP contribution in [0.2, 0.25) is 5.02 Å². The van der Waals surface area contributed by atoms with Crippen molar-refractivity contribution in [1.82, 2.24) is 20.2 Å². The van der Waals surface area contributed by atoms with Crippen molar-refractivity contribution in [2.45, 2.75) is 32.4 Å². The van der Waals surface area contributed by atoms with Gasteiger partial charge in [-0.15, -0.1) is 0 Å². The lowest BCUT2D eigenvalue weighted by Crippen LogP contribution is -2.29. The van der Waals surface area contributed by atoms with Gasteiger partial charge in [0.25, 0.3) is 11.8 Å². The van der Waals surface area contributed by atoms with E-state index < -0.39 is 5.91 Å². The minimum atomic E-state index is -0.412. The van der Waals surface area contributed by atoms with E-state index in [9.17, 15) is 9.59 Å². The zero-order valence-corrected chi connectivity index (χ0v) is 17.4. The zero-order chi connectivity index (χ0) is 21.3. The molecule has 2 aromatic heterocycles. The van der Waals surface area contributed by atoms with E-state index in [0.29, 0.717) is 34.6 Å². The van der Waals surface area contributed by atoms with Crippen LogP contribution in [0.5, 0.6) is 5.88 Å². The van der Waals surface area contributed by atoms with E-state index in [0.717, 1.165) is 5.56 Å². The molecule has 1 atom stereocenters. The van der Waals surface area contributed by atoms with Crippen LogP contribution in [0.1, 0.15) is 57.8 Å². The van der Waals surface area contributed by atoms with Gasteiger partial charge in [0.05, 0.1) is 19.3 Å². The Bertz CT molecular complexity index is 979. The molecule has 2 aliphatic rings. The van der Waals surface area contributed by atoms with Crippen molar-refractivity contribution in [2.24, 2.45) is 5.92 Å². The summed E-state index contributed by atoms with van der Waals surface area (Å²) >= 11 is 6.35. The quantitative estimate of drug-likeness (QED) is 0.666. The van der Waals surface area contributed by atoms with Crippen LogP contribution in [-0.2, 0) is 6.54 Å². The molecule has 2 N–H and O–H groups in total. The van der Waals surface area contributed by atoms with Gasteiger partial charge < -0.3 is 20.1 Å². The first-order chi connectivity index (χ1) is 14.5. The van der Waals surface area contributed by atoms with Crippen molar-refractivity contribution in [3.63, 3.8) is 0 Å². The van der Waals surface area contributed by atoms with Gasteiger partial charge >= 0.3 is 0 Å². The predicted octanol–water partition coefficient (Wildman–Crippen LogP) is 2.36. The fourth-order valence-corrected chi connectivity index (χ4v) is 3.68. The van der Waals surface area contributed by atoms with Gasteiger partial charge in [-0.2, -0.15) is 0 Å². The summed E-state index contributed by atoms with van der Waals surface area (Å²) < 4.78 is 5.67. The highest BCUT2D eigenvalue weighted by atomic mass is 35.5. The maximum atomic E-state index is 13.0. The Labute approximate surface area is 179 Å². The van der Waals surface area contributed by atoms with Crippen LogP contribution in [0.4, 0.5) is 0 Å². The van der Waals surface area contributed by atoms with Crippen LogP contribution in [0, 0.1) is 5.92 Å². The standard InChI is InChI=1S/C21H23ClN4O4/c1-12(14-8-17(22)20(25-9-14)30-11-13-2-3-13)26-10-16-15(21(26)29)4-5-23-18(16)19(28)24-6-7-27/h4-5,8-9,12-13,27H,2-3,6-7,10-11H2,1H3,(H,24,28). The third-order valence-electron chi connectivity index (χ3n) is 5.42. The Morgan fingerprint density at radius 3 is 2.93 bits per heavy atom. The minimum Gasteiger partial charge on any atom is -0.476 e. The second kappa shape index (κ2) is 8.57.